The largest absolute Gasteiger partial charge is 0.495 e. The predicted molar refractivity (Wildman–Crippen MR) is 109 cm³/mol. The number of hydrogen-bond donors (Lipinski definition) is 2. The van der Waals surface area contributed by atoms with Crippen LogP contribution >= 0.6 is 0 Å². The van der Waals surface area contributed by atoms with Gasteiger partial charge in [-0.15, -0.1) is 0 Å². The van der Waals surface area contributed by atoms with Crippen molar-refractivity contribution in [3.63, 3.8) is 0 Å². The molecule has 1 aliphatic rings. The number of amides is 1. The maximum atomic E-state index is 12.4. The number of para-hydroxylation sites is 3. The average Bonchev–Trinajstić information content (AvgIpc) is 3.13. The first-order valence-corrected chi connectivity index (χ1v) is 9.15. The minimum absolute atomic E-state index is 0.0246. The molecule has 1 amide bonds. The number of rotatable bonds is 5. The zero-order chi connectivity index (χ0) is 18.6. The van der Waals surface area contributed by atoms with Gasteiger partial charge in [0.05, 0.1) is 19.3 Å². The van der Waals surface area contributed by atoms with Crippen molar-refractivity contribution in [1.82, 2.24) is 9.88 Å². The fourth-order valence-corrected chi connectivity index (χ4v) is 3.58. The number of anilines is 1. The van der Waals surface area contributed by atoms with Crippen molar-refractivity contribution in [3.8, 4) is 5.75 Å². The van der Waals surface area contributed by atoms with Crippen molar-refractivity contribution in [2.45, 2.75) is 6.42 Å². The van der Waals surface area contributed by atoms with E-state index in [0.717, 1.165) is 25.0 Å². The van der Waals surface area contributed by atoms with Crippen LogP contribution in [0.25, 0.3) is 16.5 Å². The van der Waals surface area contributed by atoms with Gasteiger partial charge in [0.1, 0.15) is 5.75 Å². The minimum Gasteiger partial charge on any atom is -0.495 e. The van der Waals surface area contributed by atoms with E-state index >= 15 is 0 Å². The number of methoxy groups -OCH3 is 1. The van der Waals surface area contributed by atoms with Crippen LogP contribution in [-0.2, 0) is 4.79 Å². The number of nitrogens with one attached hydrogen (secondary N) is 2. The molecule has 3 aromatic rings. The van der Waals surface area contributed by atoms with Gasteiger partial charge in [-0.2, -0.15) is 0 Å². The summed E-state index contributed by atoms with van der Waals surface area (Å²) in [6.45, 7) is 2.01. The van der Waals surface area contributed by atoms with Crippen LogP contribution in [0.5, 0.6) is 5.75 Å². The van der Waals surface area contributed by atoms with Gasteiger partial charge >= 0.3 is 0 Å². The first kappa shape index (κ1) is 17.4. The van der Waals surface area contributed by atoms with Crippen LogP contribution < -0.4 is 10.1 Å². The van der Waals surface area contributed by atoms with Gasteiger partial charge in [0.2, 0.25) is 5.91 Å². The Bertz CT molecular complexity index is 990. The molecule has 2 N–H and O–H groups in total. The second kappa shape index (κ2) is 7.68. The van der Waals surface area contributed by atoms with Gasteiger partial charge in [0, 0.05) is 35.8 Å². The number of fused-ring (bicyclic) bond motifs is 1. The number of H-pyrrole nitrogens is 1. The van der Waals surface area contributed by atoms with Gasteiger partial charge in [0.25, 0.3) is 0 Å². The Labute approximate surface area is 158 Å². The van der Waals surface area contributed by atoms with Gasteiger partial charge in [0.15, 0.2) is 0 Å². The molecule has 5 nitrogen and oxygen atoms in total. The lowest BCUT2D eigenvalue weighted by atomic mass is 9.99. The highest BCUT2D eigenvalue weighted by Crippen LogP contribution is 2.29. The summed E-state index contributed by atoms with van der Waals surface area (Å²) >= 11 is 0. The SMILES string of the molecule is COc1ccccc1NC(=O)CN1CC=C(c2c[nH]c3ccccc23)CC1. The third kappa shape index (κ3) is 3.73. The summed E-state index contributed by atoms with van der Waals surface area (Å²) in [5.74, 6) is 0.648. The van der Waals surface area contributed by atoms with E-state index in [-0.39, 0.29) is 5.91 Å². The predicted octanol–water partition coefficient (Wildman–Crippen LogP) is 3.90. The molecule has 0 fully saturated rings. The average molecular weight is 361 g/mol. The summed E-state index contributed by atoms with van der Waals surface area (Å²) in [5, 5.41) is 4.20. The standard InChI is InChI=1S/C22H23N3O2/c1-27-21-9-5-4-8-20(21)24-22(26)15-25-12-10-16(11-13-25)18-14-23-19-7-3-2-6-17(18)19/h2-10,14,23H,11-13,15H2,1H3,(H,24,26). The van der Waals surface area contributed by atoms with Crippen LogP contribution in [0.15, 0.2) is 60.8 Å². The lowest BCUT2D eigenvalue weighted by molar-refractivity contribution is -0.117. The van der Waals surface area contributed by atoms with Crippen LogP contribution in [0.2, 0.25) is 0 Å². The normalized spacial score (nSPS) is 14.8. The number of carbonyl (C=O) groups is 1. The van der Waals surface area contributed by atoms with Gasteiger partial charge in [-0.05, 0) is 30.2 Å². The summed E-state index contributed by atoms with van der Waals surface area (Å²) in [4.78, 5) is 17.9. The number of benzene rings is 2. The second-order valence-electron chi connectivity index (χ2n) is 6.71. The molecule has 4 rings (SSSR count). The maximum Gasteiger partial charge on any atom is 0.238 e. The lowest BCUT2D eigenvalue weighted by Crippen LogP contribution is -2.36. The molecular formula is C22H23N3O2. The Hall–Kier alpha value is -3.05. The van der Waals surface area contributed by atoms with Crippen LogP contribution in [0, 0.1) is 0 Å². The van der Waals surface area contributed by atoms with E-state index in [1.807, 2.05) is 30.3 Å². The number of aromatic amines is 1. The molecule has 0 saturated heterocycles. The first-order chi connectivity index (χ1) is 13.2. The monoisotopic (exact) mass is 361 g/mol. The van der Waals surface area contributed by atoms with E-state index in [2.05, 4.69) is 45.7 Å². The molecule has 27 heavy (non-hydrogen) atoms. The number of nitrogens with zero attached hydrogens (tertiary/aromatic N) is 1. The molecule has 1 aliphatic heterocycles. The Morgan fingerprint density at radius 1 is 1.19 bits per heavy atom. The van der Waals surface area contributed by atoms with Crippen molar-refractivity contribution in [3.05, 3.63) is 66.4 Å². The molecule has 2 heterocycles. The molecule has 138 valence electrons. The number of aromatic nitrogens is 1. The van der Waals surface area contributed by atoms with Crippen molar-refractivity contribution in [2.75, 3.05) is 32.1 Å². The van der Waals surface area contributed by atoms with Gasteiger partial charge < -0.3 is 15.0 Å². The van der Waals surface area contributed by atoms with Gasteiger partial charge in [-0.25, -0.2) is 0 Å². The van der Waals surface area contributed by atoms with Crippen LogP contribution in [0.4, 0.5) is 5.69 Å². The second-order valence-corrected chi connectivity index (χ2v) is 6.71. The van der Waals surface area contributed by atoms with Crippen LogP contribution in [-0.4, -0.2) is 42.5 Å². The fourth-order valence-electron chi connectivity index (χ4n) is 3.58. The zero-order valence-electron chi connectivity index (χ0n) is 15.4. The van der Waals surface area contributed by atoms with E-state index in [4.69, 9.17) is 4.74 Å². The molecule has 1 aromatic heterocycles. The van der Waals surface area contributed by atoms with Crippen molar-refractivity contribution < 1.29 is 9.53 Å². The van der Waals surface area contributed by atoms with E-state index < -0.39 is 0 Å². The van der Waals surface area contributed by atoms with Crippen molar-refractivity contribution in [1.29, 1.82) is 0 Å². The van der Waals surface area contributed by atoms with Crippen molar-refractivity contribution >= 4 is 28.1 Å². The van der Waals surface area contributed by atoms with E-state index in [0.29, 0.717) is 18.0 Å². The summed E-state index contributed by atoms with van der Waals surface area (Å²) in [7, 11) is 1.60. The smallest absolute Gasteiger partial charge is 0.238 e. The first-order valence-electron chi connectivity index (χ1n) is 9.15. The molecule has 0 radical (unpaired) electrons. The highest BCUT2D eigenvalue weighted by molar-refractivity contribution is 5.94. The topological polar surface area (TPSA) is 57.4 Å². The Balaban J connectivity index is 1.39. The Morgan fingerprint density at radius 2 is 2.00 bits per heavy atom. The lowest BCUT2D eigenvalue weighted by Gasteiger charge is -2.25. The molecular weight excluding hydrogens is 338 g/mol. The van der Waals surface area contributed by atoms with E-state index in [1.54, 1.807) is 7.11 Å². The molecule has 0 aliphatic carbocycles. The highest BCUT2D eigenvalue weighted by Gasteiger charge is 2.18. The third-order valence-electron chi connectivity index (χ3n) is 4.98. The van der Waals surface area contributed by atoms with Crippen LogP contribution in [0.1, 0.15) is 12.0 Å². The number of carbonyl (C=O) groups excluding carboxylic acids is 1. The molecule has 0 bridgehead atoms. The minimum atomic E-state index is -0.0246. The maximum absolute atomic E-state index is 12.4. The quantitative estimate of drug-likeness (QED) is 0.724. The third-order valence-corrected chi connectivity index (χ3v) is 4.98. The van der Waals surface area contributed by atoms with Gasteiger partial charge in [-0.3, -0.25) is 9.69 Å². The Kier molecular flexibility index (Phi) is 4.94. The zero-order valence-corrected chi connectivity index (χ0v) is 15.4. The number of ether oxygens (including phenoxy) is 1. The highest BCUT2D eigenvalue weighted by atomic mass is 16.5. The van der Waals surface area contributed by atoms with Gasteiger partial charge in [-0.1, -0.05) is 36.4 Å². The molecule has 0 atom stereocenters. The molecule has 0 spiro atoms. The molecule has 5 heteroatoms. The molecule has 0 saturated carbocycles. The van der Waals surface area contributed by atoms with Crippen molar-refractivity contribution in [2.24, 2.45) is 0 Å². The van der Waals surface area contributed by atoms with Crippen LogP contribution in [0.3, 0.4) is 0 Å². The summed E-state index contributed by atoms with van der Waals surface area (Å²) in [6, 6.07) is 15.8. The Morgan fingerprint density at radius 3 is 2.81 bits per heavy atom. The van der Waals surface area contributed by atoms with E-state index in [1.165, 1.54) is 16.5 Å². The summed E-state index contributed by atoms with van der Waals surface area (Å²) in [5.41, 5.74) is 4.47. The molecule has 0 unspecified atom stereocenters. The molecule has 2 aromatic carbocycles. The summed E-state index contributed by atoms with van der Waals surface area (Å²) in [6.07, 6.45) is 5.25. The van der Waals surface area contributed by atoms with E-state index in [9.17, 15) is 4.79 Å². The summed E-state index contributed by atoms with van der Waals surface area (Å²) < 4.78 is 5.29. The number of hydrogen-bond acceptors (Lipinski definition) is 3. The fraction of sp³-hybridized carbons (Fsp3) is 0.227.